The van der Waals surface area contributed by atoms with Gasteiger partial charge in [0.15, 0.2) is 12.4 Å². The van der Waals surface area contributed by atoms with Crippen molar-refractivity contribution in [2.24, 2.45) is 0 Å². The van der Waals surface area contributed by atoms with Crippen LogP contribution in [0.5, 0.6) is 0 Å². The molecule has 0 amide bonds. The third-order valence-corrected chi connectivity index (χ3v) is 3.45. The van der Waals surface area contributed by atoms with E-state index in [1.807, 2.05) is 0 Å². The number of rotatable bonds is 5. The molecular weight excluding hydrogens is 373 g/mol. The molecule has 1 rings (SSSR count). The molecular formula is C9H5F9NO3S+. The Morgan fingerprint density at radius 2 is 1.17 bits per heavy atom. The fourth-order valence-electron chi connectivity index (χ4n) is 1.12. The lowest BCUT2D eigenvalue weighted by Gasteiger charge is -2.31. The average molecular weight is 378 g/mol. The molecule has 132 valence electrons. The molecule has 0 bridgehead atoms. The van der Waals surface area contributed by atoms with Gasteiger partial charge in [0.05, 0.1) is 0 Å². The lowest BCUT2D eigenvalue weighted by molar-refractivity contribution is -0.529. The van der Waals surface area contributed by atoms with E-state index >= 15 is 0 Å². The Bertz CT molecular complexity index is 657. The van der Waals surface area contributed by atoms with E-state index < -0.39 is 34.4 Å². The smallest absolute Gasteiger partial charge is 0.189 e. The fraction of sp³-hybridized carbons (Fsp3) is 0.444. The summed E-state index contributed by atoms with van der Waals surface area (Å²) in [5, 5.41) is 0. The van der Waals surface area contributed by atoms with Crippen molar-refractivity contribution in [3.8, 4) is 0 Å². The molecule has 0 spiro atoms. The minimum Gasteiger partial charge on any atom is -0.189 e. The van der Waals surface area contributed by atoms with Crippen molar-refractivity contribution in [3.05, 3.63) is 30.6 Å². The van der Waals surface area contributed by atoms with Crippen LogP contribution in [0.4, 0.5) is 39.5 Å². The number of aromatic nitrogens is 1. The summed E-state index contributed by atoms with van der Waals surface area (Å²) >= 11 is 0. The monoisotopic (exact) mass is 378 g/mol. The molecule has 0 atom stereocenters. The Morgan fingerprint density at radius 1 is 0.739 bits per heavy atom. The minimum absolute atomic E-state index is 0.233. The quantitative estimate of drug-likeness (QED) is 0.585. The van der Waals surface area contributed by atoms with Gasteiger partial charge in [0.1, 0.15) is 0 Å². The van der Waals surface area contributed by atoms with Crippen LogP contribution in [0.2, 0.25) is 0 Å². The summed E-state index contributed by atoms with van der Waals surface area (Å²) < 4.78 is 137. The van der Waals surface area contributed by atoms with Gasteiger partial charge in [0, 0.05) is 12.1 Å². The van der Waals surface area contributed by atoms with Gasteiger partial charge in [-0.2, -0.15) is 39.5 Å². The van der Waals surface area contributed by atoms with Crippen LogP contribution in [0.3, 0.4) is 0 Å². The molecule has 0 unspecified atom stereocenters. The van der Waals surface area contributed by atoms with Crippen molar-refractivity contribution >= 4 is 10.3 Å². The van der Waals surface area contributed by atoms with E-state index in [0.29, 0.717) is 12.4 Å². The maximum Gasteiger partial charge on any atom is 0.519 e. The Labute approximate surface area is 122 Å². The Balaban J connectivity index is 3.26. The SMILES string of the molecule is O=S(=O)(OC(F)(F)C(F)(F)C(F)(F)C(F)(F)F)[n+]1ccccc1. The standard InChI is InChI=1S/C9H5F9NO3S/c10-6(11,8(14,15)16)7(12,13)9(17,18)22-23(20,21)19-4-2-1-3-5-19/h1-5H/q+1. The highest BCUT2D eigenvalue weighted by Crippen LogP contribution is 2.53. The first-order valence-electron chi connectivity index (χ1n) is 5.19. The van der Waals surface area contributed by atoms with Gasteiger partial charge in [-0.3, -0.25) is 0 Å². The Hall–Kier alpha value is -1.57. The fourth-order valence-corrected chi connectivity index (χ4v) is 2.01. The molecule has 0 saturated carbocycles. The van der Waals surface area contributed by atoms with E-state index in [0.717, 1.165) is 18.2 Å². The van der Waals surface area contributed by atoms with E-state index in [-0.39, 0.29) is 3.97 Å². The molecule has 0 radical (unpaired) electrons. The average Bonchev–Trinajstić information content (AvgIpc) is 2.36. The first-order valence-corrected chi connectivity index (χ1v) is 6.55. The number of alkyl halides is 9. The summed E-state index contributed by atoms with van der Waals surface area (Å²) in [5.41, 5.74) is 0. The molecule has 14 heteroatoms. The first-order chi connectivity index (χ1) is 10.1. The van der Waals surface area contributed by atoms with Crippen molar-refractivity contribution < 1.29 is 56.1 Å². The molecule has 0 N–H and O–H groups in total. The van der Waals surface area contributed by atoms with Crippen LogP contribution in [0.1, 0.15) is 0 Å². The molecule has 0 saturated heterocycles. The molecule has 0 aliphatic heterocycles. The van der Waals surface area contributed by atoms with Gasteiger partial charge >= 0.3 is 34.4 Å². The largest absolute Gasteiger partial charge is 0.519 e. The number of halogens is 9. The predicted molar refractivity (Wildman–Crippen MR) is 52.9 cm³/mol. The van der Waals surface area contributed by atoms with Gasteiger partial charge in [0.2, 0.25) is 0 Å². The summed E-state index contributed by atoms with van der Waals surface area (Å²) in [6.45, 7) is 0. The van der Waals surface area contributed by atoms with Gasteiger partial charge in [0.25, 0.3) is 0 Å². The topological polar surface area (TPSA) is 47.3 Å². The second-order valence-electron chi connectivity index (χ2n) is 3.91. The van der Waals surface area contributed by atoms with Crippen LogP contribution in [0.15, 0.2) is 30.6 Å². The minimum atomic E-state index is -7.25. The molecule has 0 aliphatic carbocycles. The molecule has 1 aromatic rings. The van der Waals surface area contributed by atoms with E-state index in [9.17, 15) is 47.9 Å². The van der Waals surface area contributed by atoms with Gasteiger partial charge in [-0.05, 0) is 0 Å². The third kappa shape index (κ3) is 3.36. The van der Waals surface area contributed by atoms with Crippen LogP contribution in [-0.2, 0) is 14.5 Å². The highest BCUT2D eigenvalue weighted by molar-refractivity contribution is 7.80. The zero-order valence-electron chi connectivity index (χ0n) is 10.4. The van der Waals surface area contributed by atoms with E-state index in [2.05, 4.69) is 4.18 Å². The summed E-state index contributed by atoms with van der Waals surface area (Å²) in [5.74, 6) is -14.4. The summed E-state index contributed by atoms with van der Waals surface area (Å²) in [6.07, 6.45) is -12.8. The van der Waals surface area contributed by atoms with Crippen LogP contribution in [0.25, 0.3) is 0 Å². The van der Waals surface area contributed by atoms with Crippen molar-refractivity contribution in [3.63, 3.8) is 0 Å². The summed E-state index contributed by atoms with van der Waals surface area (Å²) in [4.78, 5) is 0. The highest BCUT2D eigenvalue weighted by Gasteiger charge is 2.84. The van der Waals surface area contributed by atoms with Crippen molar-refractivity contribution in [2.75, 3.05) is 0 Å². The second kappa shape index (κ2) is 5.51. The molecule has 1 heterocycles. The lowest BCUT2D eigenvalue weighted by Crippen LogP contribution is -2.63. The summed E-state index contributed by atoms with van der Waals surface area (Å²) in [7, 11) is -5.82. The van der Waals surface area contributed by atoms with Crippen molar-refractivity contribution in [1.82, 2.24) is 0 Å². The molecule has 0 fully saturated rings. The van der Waals surface area contributed by atoms with E-state index in [1.54, 1.807) is 0 Å². The Morgan fingerprint density at radius 3 is 1.57 bits per heavy atom. The zero-order chi connectivity index (χ0) is 18.3. The van der Waals surface area contributed by atoms with Crippen LogP contribution in [0, 0.1) is 0 Å². The summed E-state index contributed by atoms with van der Waals surface area (Å²) in [6, 6.07) is 2.97. The molecule has 4 nitrogen and oxygen atoms in total. The van der Waals surface area contributed by atoms with Gasteiger partial charge in [-0.25, -0.2) is 0 Å². The number of nitrogens with zero attached hydrogens (tertiary/aromatic N) is 1. The second-order valence-corrected chi connectivity index (χ2v) is 5.35. The zero-order valence-corrected chi connectivity index (χ0v) is 11.2. The molecule has 1 aromatic heterocycles. The van der Waals surface area contributed by atoms with E-state index in [4.69, 9.17) is 0 Å². The van der Waals surface area contributed by atoms with Crippen LogP contribution >= 0.6 is 0 Å². The normalized spacial score (nSPS) is 14.8. The van der Waals surface area contributed by atoms with Gasteiger partial charge < -0.3 is 0 Å². The molecule has 0 aliphatic rings. The molecule has 23 heavy (non-hydrogen) atoms. The maximum absolute atomic E-state index is 13.1. The third-order valence-electron chi connectivity index (χ3n) is 2.27. The maximum atomic E-state index is 13.1. The Kier molecular flexibility index (Phi) is 4.66. The molecule has 0 aromatic carbocycles. The van der Waals surface area contributed by atoms with Crippen LogP contribution in [-0.4, -0.2) is 32.5 Å². The lowest BCUT2D eigenvalue weighted by atomic mass is 10.1. The van der Waals surface area contributed by atoms with Crippen molar-refractivity contribution in [1.29, 1.82) is 0 Å². The van der Waals surface area contributed by atoms with Crippen molar-refractivity contribution in [2.45, 2.75) is 24.1 Å². The number of pyridine rings is 1. The highest BCUT2D eigenvalue weighted by atomic mass is 32.2. The van der Waals surface area contributed by atoms with Crippen LogP contribution < -0.4 is 3.97 Å². The number of hydrogen-bond acceptors (Lipinski definition) is 3. The van der Waals surface area contributed by atoms with Gasteiger partial charge in [-0.1, -0.05) is 10.0 Å². The predicted octanol–water partition coefficient (Wildman–Crippen LogP) is 2.51. The van der Waals surface area contributed by atoms with Gasteiger partial charge in [-0.15, -0.1) is 12.6 Å². The number of hydrogen-bond donors (Lipinski definition) is 0. The first kappa shape index (κ1) is 19.5. The van der Waals surface area contributed by atoms with E-state index in [1.165, 1.54) is 0 Å².